The summed E-state index contributed by atoms with van der Waals surface area (Å²) in [6.07, 6.45) is 0. The molecule has 0 radical (unpaired) electrons. The number of nitrogens with one attached hydrogen (secondary N) is 2. The summed E-state index contributed by atoms with van der Waals surface area (Å²) in [7, 11) is -3.88. The number of hydrogen-bond acceptors (Lipinski definition) is 6. The Morgan fingerprint density at radius 3 is 2.53 bits per heavy atom. The Balaban J connectivity index is 1.66. The maximum Gasteiger partial charge on any atom is 0.340 e. The fraction of sp³-hybridized carbons (Fsp3) is 0.0526. The monoisotopic (exact) mass is 468 g/mol. The first-order valence-corrected chi connectivity index (χ1v) is 11.1. The van der Waals surface area contributed by atoms with E-state index < -0.39 is 34.3 Å². The fourth-order valence-electron chi connectivity index (χ4n) is 2.35. The average Bonchev–Trinajstić information content (AvgIpc) is 3.24. The molecule has 0 fully saturated rings. The summed E-state index contributed by atoms with van der Waals surface area (Å²) < 4.78 is 45.9. The van der Waals surface area contributed by atoms with Crippen molar-refractivity contribution in [2.75, 3.05) is 16.6 Å². The predicted octanol–water partition coefficient (Wildman–Crippen LogP) is 4.14. The van der Waals surface area contributed by atoms with Crippen molar-refractivity contribution in [3.63, 3.8) is 0 Å². The van der Waals surface area contributed by atoms with Gasteiger partial charge < -0.3 is 10.1 Å². The number of benzene rings is 2. The molecule has 0 aliphatic carbocycles. The summed E-state index contributed by atoms with van der Waals surface area (Å²) in [5, 5.41) is 4.03. The molecule has 0 saturated carbocycles. The Bertz CT molecular complexity index is 1180. The highest BCUT2D eigenvalue weighted by atomic mass is 35.5. The number of para-hydroxylation sites is 1. The van der Waals surface area contributed by atoms with Gasteiger partial charge in [-0.2, -0.15) is 0 Å². The minimum atomic E-state index is -3.88. The van der Waals surface area contributed by atoms with Gasteiger partial charge in [-0.3, -0.25) is 9.52 Å². The lowest BCUT2D eigenvalue weighted by Crippen LogP contribution is -2.22. The Morgan fingerprint density at radius 2 is 1.83 bits per heavy atom. The van der Waals surface area contributed by atoms with Crippen molar-refractivity contribution < 1.29 is 27.1 Å². The van der Waals surface area contributed by atoms with Gasteiger partial charge in [-0.15, -0.1) is 11.3 Å². The van der Waals surface area contributed by atoms with Crippen LogP contribution in [-0.2, 0) is 19.6 Å². The summed E-state index contributed by atoms with van der Waals surface area (Å²) >= 11 is 6.67. The molecule has 0 atom stereocenters. The Hall–Kier alpha value is -2.95. The summed E-state index contributed by atoms with van der Waals surface area (Å²) in [5.74, 6) is -2.44. The molecular formula is C19H14ClFN2O5S2. The van der Waals surface area contributed by atoms with Crippen LogP contribution in [0.25, 0.3) is 0 Å². The van der Waals surface area contributed by atoms with Crippen LogP contribution in [0.3, 0.4) is 0 Å². The van der Waals surface area contributed by atoms with E-state index in [4.69, 9.17) is 16.3 Å². The molecule has 0 bridgehead atoms. The van der Waals surface area contributed by atoms with E-state index in [-0.39, 0.29) is 26.2 Å². The van der Waals surface area contributed by atoms with E-state index in [1.54, 1.807) is 17.5 Å². The van der Waals surface area contributed by atoms with E-state index in [1.807, 2.05) is 0 Å². The molecular weight excluding hydrogens is 455 g/mol. The van der Waals surface area contributed by atoms with Crippen LogP contribution < -0.4 is 10.0 Å². The lowest BCUT2D eigenvalue weighted by molar-refractivity contribution is -0.119. The molecule has 30 heavy (non-hydrogen) atoms. The third-order valence-electron chi connectivity index (χ3n) is 3.69. The van der Waals surface area contributed by atoms with Crippen molar-refractivity contribution in [1.82, 2.24) is 0 Å². The first-order chi connectivity index (χ1) is 14.3. The molecule has 2 aromatic carbocycles. The van der Waals surface area contributed by atoms with Crippen LogP contribution in [0.4, 0.5) is 15.8 Å². The van der Waals surface area contributed by atoms with Crippen molar-refractivity contribution in [1.29, 1.82) is 0 Å². The molecule has 7 nitrogen and oxygen atoms in total. The molecule has 0 unspecified atom stereocenters. The molecule has 0 aliphatic heterocycles. The van der Waals surface area contributed by atoms with E-state index in [2.05, 4.69) is 10.0 Å². The lowest BCUT2D eigenvalue weighted by Gasteiger charge is -2.12. The van der Waals surface area contributed by atoms with Crippen LogP contribution in [0.15, 0.2) is 64.2 Å². The van der Waals surface area contributed by atoms with Gasteiger partial charge in [0.05, 0.1) is 16.9 Å². The number of hydrogen-bond donors (Lipinski definition) is 2. The Labute approximate surface area is 180 Å². The number of sulfonamides is 1. The fourth-order valence-corrected chi connectivity index (χ4v) is 4.58. The number of halogens is 2. The number of ether oxygens (including phenoxy) is 1. The number of anilines is 2. The van der Waals surface area contributed by atoms with Crippen LogP contribution in [0.2, 0.25) is 5.02 Å². The van der Waals surface area contributed by atoms with E-state index >= 15 is 0 Å². The maximum atomic E-state index is 13.7. The summed E-state index contributed by atoms with van der Waals surface area (Å²) in [5.41, 5.74) is -0.201. The van der Waals surface area contributed by atoms with Gasteiger partial charge in [-0.1, -0.05) is 29.8 Å². The quantitative estimate of drug-likeness (QED) is 0.507. The van der Waals surface area contributed by atoms with Crippen molar-refractivity contribution >= 4 is 56.2 Å². The Kier molecular flexibility index (Phi) is 6.70. The van der Waals surface area contributed by atoms with Crippen LogP contribution in [-0.4, -0.2) is 26.9 Å². The van der Waals surface area contributed by atoms with Crippen LogP contribution in [0.5, 0.6) is 0 Å². The van der Waals surface area contributed by atoms with Gasteiger partial charge in [-0.25, -0.2) is 17.6 Å². The van der Waals surface area contributed by atoms with E-state index in [1.165, 1.54) is 36.4 Å². The predicted molar refractivity (Wildman–Crippen MR) is 112 cm³/mol. The normalized spacial score (nSPS) is 11.0. The third kappa shape index (κ3) is 5.35. The van der Waals surface area contributed by atoms with Crippen LogP contribution >= 0.6 is 22.9 Å². The molecule has 156 valence electrons. The van der Waals surface area contributed by atoms with Crippen LogP contribution in [0, 0.1) is 5.82 Å². The number of amides is 1. The van der Waals surface area contributed by atoms with Gasteiger partial charge in [0.1, 0.15) is 10.0 Å². The number of thiophene rings is 1. The average molecular weight is 469 g/mol. The summed E-state index contributed by atoms with van der Waals surface area (Å²) in [4.78, 5) is 24.3. The molecule has 2 N–H and O–H groups in total. The first kappa shape index (κ1) is 21.8. The van der Waals surface area contributed by atoms with Crippen molar-refractivity contribution in [3.05, 3.63) is 76.4 Å². The minimum absolute atomic E-state index is 0.0000499. The van der Waals surface area contributed by atoms with Gasteiger partial charge in [0, 0.05) is 5.02 Å². The van der Waals surface area contributed by atoms with Gasteiger partial charge in [0.2, 0.25) is 0 Å². The number of rotatable bonds is 7. The van der Waals surface area contributed by atoms with Crippen molar-refractivity contribution in [3.8, 4) is 0 Å². The van der Waals surface area contributed by atoms with E-state index in [0.717, 1.165) is 17.4 Å². The van der Waals surface area contributed by atoms with E-state index in [9.17, 15) is 22.4 Å². The van der Waals surface area contributed by atoms with E-state index in [0.29, 0.717) is 0 Å². The molecule has 3 rings (SSSR count). The molecule has 1 heterocycles. The second-order valence-electron chi connectivity index (χ2n) is 5.83. The zero-order chi connectivity index (χ0) is 21.7. The van der Waals surface area contributed by atoms with Gasteiger partial charge in [-0.05, 0) is 41.8 Å². The van der Waals surface area contributed by atoms with Gasteiger partial charge >= 0.3 is 5.97 Å². The highest BCUT2D eigenvalue weighted by molar-refractivity contribution is 7.94. The highest BCUT2D eigenvalue weighted by Gasteiger charge is 2.20. The molecule has 3 aromatic rings. The second kappa shape index (κ2) is 9.24. The smallest absolute Gasteiger partial charge is 0.340 e. The standard InChI is InChI=1S/C19H14ClFN2O5S2/c20-12-7-8-16(14(21)10-12)22-17(24)11-28-19(25)13-4-1-2-5-15(13)23-30(26,27)18-6-3-9-29-18/h1-10,23H,11H2,(H,22,24). The zero-order valence-corrected chi connectivity index (χ0v) is 17.5. The van der Waals surface area contributed by atoms with Crippen LogP contribution in [0.1, 0.15) is 10.4 Å². The van der Waals surface area contributed by atoms with Crippen molar-refractivity contribution in [2.24, 2.45) is 0 Å². The topological polar surface area (TPSA) is 102 Å². The number of carbonyl (C=O) groups excluding carboxylic acids is 2. The summed E-state index contributed by atoms with van der Waals surface area (Å²) in [6, 6.07) is 12.5. The largest absolute Gasteiger partial charge is 0.452 e. The second-order valence-corrected chi connectivity index (χ2v) is 9.13. The van der Waals surface area contributed by atoms with Gasteiger partial charge in [0.25, 0.3) is 15.9 Å². The minimum Gasteiger partial charge on any atom is -0.452 e. The Morgan fingerprint density at radius 1 is 1.07 bits per heavy atom. The lowest BCUT2D eigenvalue weighted by atomic mass is 10.2. The highest BCUT2D eigenvalue weighted by Crippen LogP contribution is 2.23. The number of esters is 1. The van der Waals surface area contributed by atoms with Gasteiger partial charge in [0.15, 0.2) is 6.61 Å². The zero-order valence-electron chi connectivity index (χ0n) is 15.1. The molecule has 1 aromatic heterocycles. The molecule has 11 heteroatoms. The molecule has 0 saturated heterocycles. The third-order valence-corrected chi connectivity index (χ3v) is 6.69. The molecule has 1 amide bonds. The maximum absolute atomic E-state index is 13.7. The molecule has 0 spiro atoms. The van der Waals surface area contributed by atoms with Crippen molar-refractivity contribution in [2.45, 2.75) is 4.21 Å². The molecule has 0 aliphatic rings. The first-order valence-electron chi connectivity index (χ1n) is 8.33. The SMILES string of the molecule is O=C(COC(=O)c1ccccc1NS(=O)(=O)c1cccs1)Nc1ccc(Cl)cc1F. The number of carbonyl (C=O) groups is 2. The summed E-state index contributed by atoms with van der Waals surface area (Å²) in [6.45, 7) is -0.701.